The lowest BCUT2D eigenvalue weighted by Crippen LogP contribution is -2.37. The summed E-state index contributed by atoms with van der Waals surface area (Å²) in [5.74, 6) is 2.19. The summed E-state index contributed by atoms with van der Waals surface area (Å²) in [6, 6.07) is 3.96. The lowest BCUT2D eigenvalue weighted by Gasteiger charge is -2.31. The highest BCUT2D eigenvalue weighted by atomic mass is 32.2. The average molecular weight is 238 g/mol. The molecule has 1 saturated heterocycles. The number of thioether (sulfide) groups is 1. The molecule has 0 spiro atoms. The fourth-order valence-electron chi connectivity index (χ4n) is 1.86. The number of hydrogen-bond acceptors (Lipinski definition) is 4. The van der Waals surface area contributed by atoms with Crippen LogP contribution in [0.15, 0.2) is 18.3 Å². The Morgan fingerprint density at radius 1 is 1.56 bits per heavy atom. The number of nitrogens with zero attached hydrogens (tertiary/aromatic N) is 2. The van der Waals surface area contributed by atoms with E-state index in [1.54, 1.807) is 13.1 Å². The highest BCUT2D eigenvalue weighted by Gasteiger charge is 2.17. The summed E-state index contributed by atoms with van der Waals surface area (Å²) in [5.41, 5.74) is 0.878. The fraction of sp³-hybridized carbons (Fsp3) is 0.583. The number of hydrogen-bond donors (Lipinski definition) is 1. The van der Waals surface area contributed by atoms with Crippen LogP contribution in [-0.2, 0) is 0 Å². The summed E-state index contributed by atoms with van der Waals surface area (Å²) in [4.78, 5) is 6.73. The van der Waals surface area contributed by atoms with Gasteiger partial charge in [0.05, 0.1) is 6.10 Å². The average Bonchev–Trinajstić information content (AvgIpc) is 2.29. The molecule has 2 atom stereocenters. The van der Waals surface area contributed by atoms with Crippen molar-refractivity contribution in [2.45, 2.75) is 25.2 Å². The molecule has 1 aromatic rings. The van der Waals surface area contributed by atoms with E-state index in [0.29, 0.717) is 5.25 Å². The normalized spacial score (nSPS) is 23.2. The first-order valence-corrected chi connectivity index (χ1v) is 6.72. The number of anilines is 1. The third kappa shape index (κ3) is 2.68. The van der Waals surface area contributed by atoms with Gasteiger partial charge in [-0.2, -0.15) is 11.8 Å². The second kappa shape index (κ2) is 5.06. The van der Waals surface area contributed by atoms with Gasteiger partial charge in [-0.15, -0.1) is 0 Å². The Balaban J connectivity index is 2.09. The molecule has 2 heterocycles. The summed E-state index contributed by atoms with van der Waals surface area (Å²) in [6.07, 6.45) is 1.34. The van der Waals surface area contributed by atoms with Gasteiger partial charge in [0.15, 0.2) is 0 Å². The summed E-state index contributed by atoms with van der Waals surface area (Å²) >= 11 is 2.02. The molecule has 0 bridgehead atoms. The van der Waals surface area contributed by atoms with Crippen molar-refractivity contribution in [3.05, 3.63) is 23.9 Å². The molecule has 0 aliphatic carbocycles. The second-order valence-corrected chi connectivity index (χ2v) is 5.80. The van der Waals surface area contributed by atoms with Gasteiger partial charge in [-0.25, -0.2) is 4.98 Å². The molecule has 1 N–H and O–H groups in total. The largest absolute Gasteiger partial charge is 0.389 e. The minimum Gasteiger partial charge on any atom is -0.389 e. The Morgan fingerprint density at radius 3 is 2.94 bits per heavy atom. The van der Waals surface area contributed by atoms with Gasteiger partial charge in [-0.05, 0) is 18.6 Å². The first-order valence-electron chi connectivity index (χ1n) is 5.67. The molecule has 16 heavy (non-hydrogen) atoms. The van der Waals surface area contributed by atoms with Gasteiger partial charge >= 0.3 is 0 Å². The topological polar surface area (TPSA) is 36.4 Å². The van der Waals surface area contributed by atoms with Crippen LogP contribution in [0.5, 0.6) is 0 Å². The zero-order valence-corrected chi connectivity index (χ0v) is 10.6. The first kappa shape index (κ1) is 11.7. The van der Waals surface area contributed by atoms with Gasteiger partial charge in [-0.3, -0.25) is 0 Å². The standard InChI is InChI=1S/C12H18N2OS/c1-9-8-14(5-6-16-9)12-4-3-11(7-13-12)10(2)15/h3-4,7,9-10,15H,5-6,8H2,1-2H3. The van der Waals surface area contributed by atoms with E-state index in [1.807, 2.05) is 23.9 Å². The summed E-state index contributed by atoms with van der Waals surface area (Å²) in [6.45, 7) is 6.14. The molecule has 3 nitrogen and oxygen atoms in total. The quantitative estimate of drug-likeness (QED) is 0.856. The van der Waals surface area contributed by atoms with Crippen LogP contribution in [0.4, 0.5) is 5.82 Å². The Kier molecular flexibility index (Phi) is 3.71. The smallest absolute Gasteiger partial charge is 0.128 e. The third-order valence-electron chi connectivity index (χ3n) is 2.82. The first-order chi connectivity index (χ1) is 7.66. The Labute approximate surface area is 101 Å². The zero-order chi connectivity index (χ0) is 11.5. The van der Waals surface area contributed by atoms with Crippen molar-refractivity contribution in [2.24, 2.45) is 0 Å². The van der Waals surface area contributed by atoms with Crippen molar-refractivity contribution < 1.29 is 5.11 Å². The number of aliphatic hydroxyl groups is 1. The summed E-state index contributed by atoms with van der Waals surface area (Å²) < 4.78 is 0. The van der Waals surface area contributed by atoms with E-state index in [4.69, 9.17) is 0 Å². The molecular formula is C12H18N2OS. The maximum atomic E-state index is 9.41. The van der Waals surface area contributed by atoms with Gasteiger partial charge in [0.2, 0.25) is 0 Å². The minimum absolute atomic E-state index is 0.433. The molecule has 1 aromatic heterocycles. The molecule has 2 unspecified atom stereocenters. The third-order valence-corrected chi connectivity index (χ3v) is 3.95. The highest BCUT2D eigenvalue weighted by Crippen LogP contribution is 2.23. The van der Waals surface area contributed by atoms with Crippen LogP contribution in [0.2, 0.25) is 0 Å². The fourth-order valence-corrected chi connectivity index (χ4v) is 2.87. The molecule has 0 saturated carbocycles. The monoisotopic (exact) mass is 238 g/mol. The second-order valence-electron chi connectivity index (χ2n) is 4.25. The maximum Gasteiger partial charge on any atom is 0.128 e. The zero-order valence-electron chi connectivity index (χ0n) is 9.76. The molecule has 0 radical (unpaired) electrons. The highest BCUT2D eigenvalue weighted by molar-refractivity contribution is 8.00. The lowest BCUT2D eigenvalue weighted by molar-refractivity contribution is 0.199. The van der Waals surface area contributed by atoms with Gasteiger partial charge in [-0.1, -0.05) is 13.0 Å². The number of aromatic nitrogens is 1. The molecule has 2 rings (SSSR count). The van der Waals surface area contributed by atoms with E-state index in [9.17, 15) is 5.11 Å². The Hall–Kier alpha value is -0.740. The molecule has 1 aliphatic rings. The van der Waals surface area contributed by atoms with Crippen LogP contribution in [0.1, 0.15) is 25.5 Å². The maximum absolute atomic E-state index is 9.41. The molecule has 88 valence electrons. The van der Waals surface area contributed by atoms with E-state index in [2.05, 4.69) is 16.8 Å². The number of pyridine rings is 1. The number of aliphatic hydroxyl groups excluding tert-OH is 1. The van der Waals surface area contributed by atoms with E-state index in [0.717, 1.165) is 24.5 Å². The molecular weight excluding hydrogens is 220 g/mol. The predicted octanol–water partition coefficient (Wildman–Crippen LogP) is 2.08. The summed E-state index contributed by atoms with van der Waals surface area (Å²) in [7, 11) is 0. The van der Waals surface area contributed by atoms with Crippen LogP contribution in [0, 0.1) is 0 Å². The van der Waals surface area contributed by atoms with Crippen molar-refractivity contribution in [1.29, 1.82) is 0 Å². The molecule has 0 aromatic carbocycles. The van der Waals surface area contributed by atoms with Crippen molar-refractivity contribution >= 4 is 17.6 Å². The van der Waals surface area contributed by atoms with E-state index < -0.39 is 6.10 Å². The van der Waals surface area contributed by atoms with Gasteiger partial charge in [0, 0.05) is 30.3 Å². The van der Waals surface area contributed by atoms with Crippen LogP contribution < -0.4 is 4.90 Å². The van der Waals surface area contributed by atoms with Crippen molar-refractivity contribution in [2.75, 3.05) is 23.7 Å². The van der Waals surface area contributed by atoms with Gasteiger partial charge in [0.1, 0.15) is 5.82 Å². The van der Waals surface area contributed by atoms with Crippen molar-refractivity contribution in [3.63, 3.8) is 0 Å². The van der Waals surface area contributed by atoms with E-state index in [1.165, 1.54) is 5.75 Å². The van der Waals surface area contributed by atoms with Gasteiger partial charge < -0.3 is 10.0 Å². The van der Waals surface area contributed by atoms with Crippen LogP contribution in [0.3, 0.4) is 0 Å². The van der Waals surface area contributed by atoms with Crippen molar-refractivity contribution in [3.8, 4) is 0 Å². The van der Waals surface area contributed by atoms with E-state index >= 15 is 0 Å². The number of rotatable bonds is 2. The Bertz CT molecular complexity index is 339. The van der Waals surface area contributed by atoms with Gasteiger partial charge in [0.25, 0.3) is 0 Å². The van der Waals surface area contributed by atoms with Crippen LogP contribution >= 0.6 is 11.8 Å². The SMILES string of the molecule is CC1CN(c2ccc(C(C)O)cn2)CCS1. The minimum atomic E-state index is -0.433. The Morgan fingerprint density at radius 2 is 2.38 bits per heavy atom. The molecule has 0 amide bonds. The summed E-state index contributed by atoms with van der Waals surface area (Å²) in [5, 5.41) is 10.1. The molecule has 1 aliphatic heterocycles. The van der Waals surface area contributed by atoms with E-state index in [-0.39, 0.29) is 0 Å². The van der Waals surface area contributed by atoms with Crippen LogP contribution in [0.25, 0.3) is 0 Å². The van der Waals surface area contributed by atoms with Crippen molar-refractivity contribution in [1.82, 2.24) is 4.98 Å². The lowest BCUT2D eigenvalue weighted by atomic mass is 10.2. The van der Waals surface area contributed by atoms with Crippen LogP contribution in [-0.4, -0.2) is 34.2 Å². The molecule has 1 fully saturated rings. The molecule has 4 heteroatoms. The predicted molar refractivity (Wildman–Crippen MR) is 69.0 cm³/mol.